The summed E-state index contributed by atoms with van der Waals surface area (Å²) in [4.78, 5) is 15.7. The van der Waals surface area contributed by atoms with Gasteiger partial charge in [0.25, 0.3) is 0 Å². The summed E-state index contributed by atoms with van der Waals surface area (Å²) in [5, 5.41) is 0. The number of esters is 1. The Morgan fingerprint density at radius 1 is 1.48 bits per heavy atom. The number of aromatic nitrogens is 1. The fourth-order valence-electron chi connectivity index (χ4n) is 2.89. The van der Waals surface area contributed by atoms with E-state index in [1.165, 1.54) is 19.0 Å². The average molecular weight is 289 g/mol. The summed E-state index contributed by atoms with van der Waals surface area (Å²) in [6, 6.07) is 3.36. The van der Waals surface area contributed by atoms with E-state index < -0.39 is 11.8 Å². The van der Waals surface area contributed by atoms with Crippen molar-refractivity contribution in [3.8, 4) is 0 Å². The lowest BCUT2D eigenvalue weighted by Gasteiger charge is -2.30. The van der Waals surface area contributed by atoms with Crippen LogP contribution in [0.2, 0.25) is 0 Å². The second kappa shape index (κ2) is 5.76. The highest BCUT2D eigenvalue weighted by molar-refractivity contribution is 5.88. The van der Waals surface area contributed by atoms with Gasteiger partial charge in [0, 0.05) is 25.2 Å². The van der Waals surface area contributed by atoms with E-state index in [1.807, 2.05) is 6.92 Å². The highest BCUT2D eigenvalue weighted by Gasteiger charge is 2.43. The molecule has 1 aliphatic heterocycles. The number of carbonyl (C=O) groups is 1. The highest BCUT2D eigenvalue weighted by atomic mass is 16.7. The number of ether oxygens (including phenoxy) is 3. The molecule has 0 radical (unpaired) electrons. The summed E-state index contributed by atoms with van der Waals surface area (Å²) in [7, 11) is 0. The predicted molar refractivity (Wildman–Crippen MR) is 75.1 cm³/mol. The molecule has 2 heterocycles. The first-order valence-electron chi connectivity index (χ1n) is 7.30. The first-order valence-corrected chi connectivity index (χ1v) is 7.30. The van der Waals surface area contributed by atoms with Crippen molar-refractivity contribution in [1.82, 2.24) is 4.98 Å². The van der Waals surface area contributed by atoms with Gasteiger partial charge in [0.2, 0.25) is 5.79 Å². The molecule has 0 aromatic carbocycles. The van der Waals surface area contributed by atoms with Gasteiger partial charge in [0.15, 0.2) is 12.4 Å². The minimum Gasteiger partial charge on any atom is -0.456 e. The summed E-state index contributed by atoms with van der Waals surface area (Å²) in [5.74, 6) is -0.0593. The Bertz CT molecular complexity index is 536. The molecule has 0 spiro atoms. The summed E-state index contributed by atoms with van der Waals surface area (Å²) in [6.07, 6.45) is 9.33. The Labute approximate surface area is 123 Å². The minimum atomic E-state index is -0.605. The van der Waals surface area contributed by atoms with Gasteiger partial charge in [-0.15, -0.1) is 0 Å². The molecule has 3 rings (SSSR count). The Morgan fingerprint density at radius 3 is 3.00 bits per heavy atom. The first-order chi connectivity index (χ1) is 10.2. The maximum absolute atomic E-state index is 11.8. The standard InChI is InChI=1S/C16H19NO4/c1-16(13-6-2-3-7-13)20-11-14(21-16)10-19-15(18)12-5-4-8-17-9-12/h4-5,8-9,11,13H,2-3,6-7,10H2,1H3. The molecule has 1 unspecified atom stereocenters. The molecule has 0 amide bonds. The van der Waals surface area contributed by atoms with E-state index in [2.05, 4.69) is 4.98 Å². The van der Waals surface area contributed by atoms with Crippen molar-refractivity contribution < 1.29 is 19.0 Å². The van der Waals surface area contributed by atoms with E-state index in [-0.39, 0.29) is 6.61 Å². The Morgan fingerprint density at radius 2 is 2.29 bits per heavy atom. The van der Waals surface area contributed by atoms with Gasteiger partial charge in [-0.3, -0.25) is 4.98 Å². The molecule has 0 N–H and O–H groups in total. The molecule has 21 heavy (non-hydrogen) atoms. The molecule has 1 fully saturated rings. The lowest BCUT2D eigenvalue weighted by Crippen LogP contribution is -2.34. The van der Waals surface area contributed by atoms with Crippen LogP contribution in [0.5, 0.6) is 0 Å². The van der Waals surface area contributed by atoms with Crippen LogP contribution in [0.25, 0.3) is 0 Å². The van der Waals surface area contributed by atoms with Crippen molar-refractivity contribution in [2.75, 3.05) is 6.61 Å². The van der Waals surface area contributed by atoms with E-state index in [1.54, 1.807) is 24.6 Å². The fourth-order valence-corrected chi connectivity index (χ4v) is 2.89. The molecular formula is C16H19NO4. The number of carbonyl (C=O) groups excluding carboxylic acids is 1. The molecule has 1 atom stereocenters. The molecule has 5 heteroatoms. The van der Waals surface area contributed by atoms with Crippen LogP contribution in [0.3, 0.4) is 0 Å². The van der Waals surface area contributed by atoms with Crippen LogP contribution < -0.4 is 0 Å². The first kappa shape index (κ1) is 13.9. The number of hydrogen-bond acceptors (Lipinski definition) is 5. The highest BCUT2D eigenvalue weighted by Crippen LogP contribution is 2.41. The molecular weight excluding hydrogens is 270 g/mol. The van der Waals surface area contributed by atoms with Crippen molar-refractivity contribution in [2.45, 2.75) is 38.4 Å². The van der Waals surface area contributed by atoms with Gasteiger partial charge in [-0.05, 0) is 25.0 Å². The number of pyridine rings is 1. The molecule has 0 saturated heterocycles. The van der Waals surface area contributed by atoms with Crippen LogP contribution in [-0.4, -0.2) is 23.3 Å². The predicted octanol–water partition coefficient (Wildman–Crippen LogP) is 3.03. The van der Waals surface area contributed by atoms with E-state index in [4.69, 9.17) is 14.2 Å². The summed E-state index contributed by atoms with van der Waals surface area (Å²) >= 11 is 0. The van der Waals surface area contributed by atoms with Crippen LogP contribution in [0.1, 0.15) is 43.0 Å². The Kier molecular flexibility index (Phi) is 3.82. The Balaban J connectivity index is 1.52. The van der Waals surface area contributed by atoms with Crippen molar-refractivity contribution in [3.63, 3.8) is 0 Å². The van der Waals surface area contributed by atoms with Crippen molar-refractivity contribution >= 4 is 5.97 Å². The quantitative estimate of drug-likeness (QED) is 0.797. The van der Waals surface area contributed by atoms with Gasteiger partial charge < -0.3 is 14.2 Å². The van der Waals surface area contributed by atoms with Gasteiger partial charge in [-0.25, -0.2) is 4.79 Å². The third kappa shape index (κ3) is 3.01. The fraction of sp³-hybridized carbons (Fsp3) is 0.500. The Hall–Kier alpha value is -2.04. The molecule has 112 valence electrons. The largest absolute Gasteiger partial charge is 0.456 e. The molecule has 1 aromatic rings. The SMILES string of the molecule is CC1(C2CCCC2)OC=C(COC(=O)c2cccnc2)O1. The monoisotopic (exact) mass is 289 g/mol. The van der Waals surface area contributed by atoms with Crippen LogP contribution >= 0.6 is 0 Å². The molecule has 1 aromatic heterocycles. The van der Waals surface area contributed by atoms with Gasteiger partial charge in [-0.1, -0.05) is 12.8 Å². The topological polar surface area (TPSA) is 57.7 Å². The van der Waals surface area contributed by atoms with Crippen molar-refractivity contribution in [1.29, 1.82) is 0 Å². The molecule has 2 aliphatic rings. The van der Waals surface area contributed by atoms with E-state index >= 15 is 0 Å². The average Bonchev–Trinajstić information content (AvgIpc) is 3.16. The van der Waals surface area contributed by atoms with Crippen molar-refractivity contribution in [3.05, 3.63) is 42.1 Å². The van der Waals surface area contributed by atoms with Crippen LogP contribution in [-0.2, 0) is 14.2 Å². The maximum Gasteiger partial charge on any atom is 0.340 e. The molecule has 1 aliphatic carbocycles. The minimum absolute atomic E-state index is 0.0794. The molecule has 5 nitrogen and oxygen atoms in total. The smallest absolute Gasteiger partial charge is 0.340 e. The third-order valence-electron chi connectivity index (χ3n) is 4.10. The maximum atomic E-state index is 11.8. The van der Waals surface area contributed by atoms with Gasteiger partial charge in [-0.2, -0.15) is 0 Å². The van der Waals surface area contributed by atoms with E-state index in [9.17, 15) is 4.79 Å². The third-order valence-corrected chi connectivity index (χ3v) is 4.10. The second-order valence-electron chi connectivity index (χ2n) is 5.62. The number of nitrogens with zero attached hydrogens (tertiary/aromatic N) is 1. The summed E-state index contributed by atoms with van der Waals surface area (Å²) < 4.78 is 16.8. The van der Waals surface area contributed by atoms with E-state index in [0.717, 1.165) is 12.8 Å². The number of rotatable bonds is 4. The zero-order chi connectivity index (χ0) is 14.7. The van der Waals surface area contributed by atoms with Crippen LogP contribution in [0.15, 0.2) is 36.5 Å². The van der Waals surface area contributed by atoms with Gasteiger partial charge >= 0.3 is 5.97 Å². The van der Waals surface area contributed by atoms with Gasteiger partial charge in [0.05, 0.1) is 5.56 Å². The van der Waals surface area contributed by atoms with E-state index in [0.29, 0.717) is 17.2 Å². The van der Waals surface area contributed by atoms with Crippen LogP contribution in [0.4, 0.5) is 0 Å². The molecule has 0 bridgehead atoms. The lowest BCUT2D eigenvalue weighted by atomic mass is 9.98. The normalized spacial score (nSPS) is 25.1. The molecule has 1 saturated carbocycles. The number of hydrogen-bond donors (Lipinski definition) is 0. The summed E-state index contributed by atoms with van der Waals surface area (Å²) in [6.45, 7) is 2.03. The summed E-state index contributed by atoms with van der Waals surface area (Å²) in [5.41, 5.74) is 0.426. The zero-order valence-electron chi connectivity index (χ0n) is 12.1. The van der Waals surface area contributed by atoms with Gasteiger partial charge in [0.1, 0.15) is 6.26 Å². The van der Waals surface area contributed by atoms with Crippen LogP contribution in [0, 0.1) is 5.92 Å². The second-order valence-corrected chi connectivity index (χ2v) is 5.62. The van der Waals surface area contributed by atoms with Crippen molar-refractivity contribution in [2.24, 2.45) is 5.92 Å². The lowest BCUT2D eigenvalue weighted by molar-refractivity contribution is -0.173. The zero-order valence-corrected chi connectivity index (χ0v) is 12.1.